The third kappa shape index (κ3) is 2.82. The smallest absolute Gasteiger partial charge is 0.146 e. The number of aromatic nitrogens is 3. The highest BCUT2D eigenvalue weighted by Crippen LogP contribution is 2.37. The summed E-state index contributed by atoms with van der Waals surface area (Å²) in [7, 11) is 0. The summed E-state index contributed by atoms with van der Waals surface area (Å²) in [5.74, 6) is 3.18. The van der Waals surface area contributed by atoms with Crippen LogP contribution in [0.25, 0.3) is 0 Å². The Bertz CT molecular complexity index is 903. The molecule has 6 heteroatoms. The van der Waals surface area contributed by atoms with Crippen molar-refractivity contribution in [2.75, 3.05) is 36.0 Å². The van der Waals surface area contributed by atoms with Crippen LogP contribution in [0.5, 0.6) is 0 Å². The first-order valence-corrected chi connectivity index (χ1v) is 9.92. The normalized spacial score (nSPS) is 23.9. The molecule has 0 aromatic carbocycles. The van der Waals surface area contributed by atoms with Gasteiger partial charge in [0.2, 0.25) is 0 Å². The monoisotopic (exact) mass is 360 g/mol. The van der Waals surface area contributed by atoms with Crippen LogP contribution in [-0.2, 0) is 12.8 Å². The largest absolute Gasteiger partial charge is 0.356 e. The molecule has 0 N–H and O–H groups in total. The maximum absolute atomic E-state index is 9.67. The van der Waals surface area contributed by atoms with Gasteiger partial charge in [-0.3, -0.25) is 0 Å². The van der Waals surface area contributed by atoms with Gasteiger partial charge in [0.25, 0.3) is 0 Å². The second kappa shape index (κ2) is 6.49. The molecular weight excluding hydrogens is 336 g/mol. The summed E-state index contributed by atoms with van der Waals surface area (Å²) in [5, 5.41) is 9.67. The van der Waals surface area contributed by atoms with Crippen LogP contribution in [0.4, 0.5) is 11.6 Å². The molecule has 2 atom stereocenters. The lowest BCUT2D eigenvalue weighted by atomic mass is 9.95. The van der Waals surface area contributed by atoms with Crippen molar-refractivity contribution in [3.05, 3.63) is 41.0 Å². The van der Waals surface area contributed by atoms with Crippen LogP contribution in [0.1, 0.15) is 35.2 Å². The van der Waals surface area contributed by atoms with Gasteiger partial charge < -0.3 is 9.80 Å². The number of nitrogens with zero attached hydrogens (tertiary/aromatic N) is 6. The standard InChI is InChI=1S/C21H24N6/c1-14-8-23-13-24-20(14)26-9-17-11-27(12-18(17)10-26)21-16(7-22)6-15-4-2-3-5-19(15)25-21/h6,8,13,17-18H,2-5,9-12H2,1H3. The minimum absolute atomic E-state index is 0.601. The topological polar surface area (TPSA) is 68.9 Å². The maximum atomic E-state index is 9.67. The molecule has 2 aromatic rings. The van der Waals surface area contributed by atoms with E-state index in [9.17, 15) is 5.26 Å². The van der Waals surface area contributed by atoms with Crippen molar-refractivity contribution in [2.24, 2.45) is 11.8 Å². The third-order valence-corrected chi connectivity index (χ3v) is 6.35. The summed E-state index contributed by atoms with van der Waals surface area (Å²) < 4.78 is 0. The van der Waals surface area contributed by atoms with Crippen molar-refractivity contribution >= 4 is 11.6 Å². The Balaban J connectivity index is 1.36. The van der Waals surface area contributed by atoms with Gasteiger partial charge >= 0.3 is 0 Å². The van der Waals surface area contributed by atoms with Crippen LogP contribution in [-0.4, -0.2) is 41.1 Å². The summed E-state index contributed by atoms with van der Waals surface area (Å²) in [4.78, 5) is 18.3. The fourth-order valence-electron chi connectivity index (χ4n) is 5.01. The Hall–Kier alpha value is -2.68. The van der Waals surface area contributed by atoms with Crippen molar-refractivity contribution < 1.29 is 0 Å². The molecule has 1 aliphatic carbocycles. The van der Waals surface area contributed by atoms with Crippen LogP contribution in [0, 0.1) is 30.1 Å². The highest BCUT2D eigenvalue weighted by Gasteiger charge is 2.41. The fourth-order valence-corrected chi connectivity index (χ4v) is 5.01. The molecule has 2 unspecified atom stereocenters. The van der Waals surface area contributed by atoms with E-state index in [1.165, 1.54) is 24.1 Å². The van der Waals surface area contributed by atoms with E-state index in [0.717, 1.165) is 61.8 Å². The molecule has 0 saturated carbocycles. The van der Waals surface area contributed by atoms with E-state index in [-0.39, 0.29) is 0 Å². The highest BCUT2D eigenvalue weighted by molar-refractivity contribution is 5.58. The summed E-state index contributed by atoms with van der Waals surface area (Å²) in [6.45, 7) is 6.07. The number of nitriles is 1. The minimum Gasteiger partial charge on any atom is -0.356 e. The number of anilines is 2. The van der Waals surface area contributed by atoms with Gasteiger partial charge in [0.05, 0.1) is 5.56 Å². The molecule has 3 aliphatic rings. The number of pyridine rings is 1. The van der Waals surface area contributed by atoms with Crippen molar-refractivity contribution in [2.45, 2.75) is 32.6 Å². The second-order valence-corrected chi connectivity index (χ2v) is 8.14. The first-order chi connectivity index (χ1) is 13.2. The Labute approximate surface area is 159 Å². The van der Waals surface area contributed by atoms with Crippen LogP contribution in [0.2, 0.25) is 0 Å². The van der Waals surface area contributed by atoms with Crippen LogP contribution in [0.15, 0.2) is 18.6 Å². The van der Waals surface area contributed by atoms with Gasteiger partial charge in [-0.2, -0.15) is 5.26 Å². The van der Waals surface area contributed by atoms with Crippen LogP contribution in [0.3, 0.4) is 0 Å². The van der Waals surface area contributed by atoms with Gasteiger partial charge in [-0.25, -0.2) is 15.0 Å². The van der Waals surface area contributed by atoms with Crippen molar-refractivity contribution in [3.63, 3.8) is 0 Å². The average molecular weight is 360 g/mol. The molecule has 0 bridgehead atoms. The SMILES string of the molecule is Cc1cncnc1N1CC2CN(c3nc4c(cc3C#N)CCCC4)CC2C1. The van der Waals surface area contributed by atoms with Crippen molar-refractivity contribution in [1.82, 2.24) is 15.0 Å². The van der Waals surface area contributed by atoms with E-state index in [1.54, 1.807) is 6.33 Å². The van der Waals surface area contributed by atoms with Crippen LogP contribution >= 0.6 is 0 Å². The summed E-state index contributed by atoms with van der Waals surface area (Å²) in [6.07, 6.45) is 8.07. The Morgan fingerprint density at radius 1 is 1.04 bits per heavy atom. The highest BCUT2D eigenvalue weighted by atomic mass is 15.3. The molecule has 0 spiro atoms. The molecule has 27 heavy (non-hydrogen) atoms. The Kier molecular flexibility index (Phi) is 3.96. The predicted octanol–water partition coefficient (Wildman–Crippen LogP) is 2.50. The molecule has 6 nitrogen and oxygen atoms in total. The summed E-state index contributed by atoms with van der Waals surface area (Å²) >= 11 is 0. The lowest BCUT2D eigenvalue weighted by molar-refractivity contribution is 0.533. The molecule has 0 radical (unpaired) electrons. The van der Waals surface area contributed by atoms with E-state index in [2.05, 4.69) is 38.8 Å². The first kappa shape index (κ1) is 16.5. The van der Waals surface area contributed by atoms with E-state index >= 15 is 0 Å². The number of rotatable bonds is 2. The van der Waals surface area contributed by atoms with Gasteiger partial charge in [0.1, 0.15) is 24.0 Å². The molecule has 2 saturated heterocycles. The average Bonchev–Trinajstić information content (AvgIpc) is 3.26. The lowest BCUT2D eigenvalue weighted by Crippen LogP contribution is -2.30. The van der Waals surface area contributed by atoms with E-state index in [0.29, 0.717) is 11.8 Å². The molecule has 4 heterocycles. The van der Waals surface area contributed by atoms with Gasteiger partial charge in [-0.05, 0) is 44.2 Å². The van der Waals surface area contributed by atoms with Crippen molar-refractivity contribution in [1.29, 1.82) is 5.26 Å². The number of fused-ring (bicyclic) bond motifs is 2. The van der Waals surface area contributed by atoms with Gasteiger partial charge in [0, 0.05) is 55.5 Å². The van der Waals surface area contributed by atoms with Crippen LogP contribution < -0.4 is 9.80 Å². The Morgan fingerprint density at radius 2 is 1.74 bits per heavy atom. The molecule has 0 amide bonds. The van der Waals surface area contributed by atoms with Gasteiger partial charge in [0.15, 0.2) is 0 Å². The third-order valence-electron chi connectivity index (χ3n) is 6.35. The zero-order valence-electron chi connectivity index (χ0n) is 15.7. The molecule has 2 aromatic heterocycles. The fraction of sp³-hybridized carbons (Fsp3) is 0.524. The zero-order valence-corrected chi connectivity index (χ0v) is 15.7. The first-order valence-electron chi connectivity index (χ1n) is 9.92. The summed E-state index contributed by atoms with van der Waals surface area (Å²) in [6, 6.07) is 4.50. The number of hydrogen-bond acceptors (Lipinski definition) is 6. The molecule has 5 rings (SSSR count). The van der Waals surface area contributed by atoms with E-state index in [1.807, 2.05) is 6.20 Å². The van der Waals surface area contributed by atoms with E-state index < -0.39 is 0 Å². The number of aryl methyl sites for hydroxylation is 3. The second-order valence-electron chi connectivity index (χ2n) is 8.14. The predicted molar refractivity (Wildman–Crippen MR) is 104 cm³/mol. The maximum Gasteiger partial charge on any atom is 0.146 e. The zero-order chi connectivity index (χ0) is 18.4. The summed E-state index contributed by atoms with van der Waals surface area (Å²) in [5.41, 5.74) is 4.38. The van der Waals surface area contributed by atoms with Crippen molar-refractivity contribution in [3.8, 4) is 6.07 Å². The number of hydrogen-bond donors (Lipinski definition) is 0. The molecule has 2 fully saturated rings. The van der Waals surface area contributed by atoms with Gasteiger partial charge in [-0.15, -0.1) is 0 Å². The van der Waals surface area contributed by atoms with E-state index in [4.69, 9.17) is 4.98 Å². The quantitative estimate of drug-likeness (QED) is 0.820. The molecule has 2 aliphatic heterocycles. The Morgan fingerprint density at radius 3 is 2.44 bits per heavy atom. The lowest BCUT2D eigenvalue weighted by Gasteiger charge is -2.26. The van der Waals surface area contributed by atoms with Gasteiger partial charge in [-0.1, -0.05) is 0 Å². The molecule has 138 valence electrons. The molecular formula is C21H24N6. The minimum atomic E-state index is 0.601.